The van der Waals surface area contributed by atoms with Crippen molar-refractivity contribution in [2.24, 2.45) is 0 Å². The number of hydrogen-bond acceptors (Lipinski definition) is 4. The maximum atomic E-state index is 5.59. The highest BCUT2D eigenvalue weighted by Gasteiger charge is 2.25. The van der Waals surface area contributed by atoms with Gasteiger partial charge in [-0.05, 0) is 98.1 Å². The van der Waals surface area contributed by atoms with Crippen LogP contribution in [0.15, 0.2) is 279 Å². The number of fused-ring (bicyclic) bond motifs is 5. The second kappa shape index (κ2) is 19.0. The van der Waals surface area contributed by atoms with Crippen molar-refractivity contribution in [3.63, 3.8) is 0 Å². The summed E-state index contributed by atoms with van der Waals surface area (Å²) in [5.74, 6) is 2.67. The molecular weight excluding hydrogens is 925 g/mol. The zero-order valence-electron chi connectivity index (χ0n) is 41.2. The van der Waals surface area contributed by atoms with Crippen LogP contribution in [-0.4, -0.2) is 28.9 Å². The molecule has 6 nitrogen and oxygen atoms in total. The second-order valence-corrected chi connectivity index (χ2v) is 19.0. The van der Waals surface area contributed by atoms with Crippen LogP contribution in [0.4, 0.5) is 0 Å². The molecule has 0 spiro atoms. The molecule has 0 amide bonds. The molecule has 0 bridgehead atoms. The summed E-state index contributed by atoms with van der Waals surface area (Å²) in [4.78, 5) is 20.9. The fourth-order valence-corrected chi connectivity index (χ4v) is 10.7. The molecule has 76 heavy (non-hydrogen) atoms. The third-order valence-corrected chi connectivity index (χ3v) is 14.4. The Balaban J connectivity index is 1.04. The first-order valence-corrected chi connectivity index (χ1v) is 25.6. The molecule has 3 aromatic heterocycles. The average Bonchev–Trinajstić information content (AvgIpc) is 4.20. The van der Waals surface area contributed by atoms with Crippen molar-refractivity contribution < 1.29 is 0 Å². The number of rotatable bonds is 10. The Morgan fingerprint density at radius 3 is 1.13 bits per heavy atom. The molecule has 0 fully saturated rings. The van der Waals surface area contributed by atoms with Crippen LogP contribution in [0.25, 0.3) is 134 Å². The maximum absolute atomic E-state index is 5.59. The van der Waals surface area contributed by atoms with E-state index in [0.29, 0.717) is 17.5 Å². The summed E-state index contributed by atoms with van der Waals surface area (Å²) in [5, 5.41) is 0. The van der Waals surface area contributed by atoms with E-state index in [4.69, 9.17) is 19.9 Å². The summed E-state index contributed by atoms with van der Waals surface area (Å²) < 4.78 is 4.77. The van der Waals surface area contributed by atoms with Crippen LogP contribution in [0.2, 0.25) is 0 Å². The summed E-state index contributed by atoms with van der Waals surface area (Å²) in [6.07, 6.45) is 0. The summed E-state index contributed by atoms with van der Waals surface area (Å²) >= 11 is 0. The van der Waals surface area contributed by atoms with Crippen molar-refractivity contribution in [2.75, 3.05) is 0 Å². The number of hydrogen-bond donors (Lipinski definition) is 0. The van der Waals surface area contributed by atoms with Crippen LogP contribution in [0.3, 0.4) is 0 Å². The first-order valence-electron chi connectivity index (χ1n) is 25.6. The normalized spacial score (nSPS) is 11.4. The highest BCUT2D eigenvalue weighted by Crippen LogP contribution is 2.45. The van der Waals surface area contributed by atoms with Gasteiger partial charge >= 0.3 is 0 Å². The van der Waals surface area contributed by atoms with E-state index in [0.717, 1.165) is 117 Å². The van der Waals surface area contributed by atoms with Gasteiger partial charge in [-0.3, -0.25) is 8.97 Å². The first kappa shape index (κ1) is 44.4. The molecule has 0 aliphatic heterocycles. The zero-order chi connectivity index (χ0) is 50.4. The summed E-state index contributed by atoms with van der Waals surface area (Å²) in [6.45, 7) is 0. The Hall–Kier alpha value is -10.3. The number of aromatic nitrogens is 6. The minimum Gasteiger partial charge on any atom is -0.277 e. The van der Waals surface area contributed by atoms with Gasteiger partial charge in [-0.2, -0.15) is 0 Å². The Bertz CT molecular complexity index is 4290. The lowest BCUT2D eigenvalue weighted by Gasteiger charge is -2.20. The van der Waals surface area contributed by atoms with Gasteiger partial charge in [0.1, 0.15) is 0 Å². The fraction of sp³-hybridized carbons (Fsp3) is 0. The van der Waals surface area contributed by atoms with Crippen LogP contribution in [0.5, 0.6) is 0 Å². The highest BCUT2D eigenvalue weighted by molar-refractivity contribution is 6.01. The molecule has 0 saturated carbocycles. The fourth-order valence-electron chi connectivity index (χ4n) is 10.7. The molecule has 0 unspecified atom stereocenters. The van der Waals surface area contributed by atoms with Crippen LogP contribution in [0.1, 0.15) is 0 Å². The number of benzene rings is 11. The van der Waals surface area contributed by atoms with E-state index in [1.807, 2.05) is 60.7 Å². The Morgan fingerprint density at radius 2 is 0.618 bits per heavy atom. The van der Waals surface area contributed by atoms with Crippen LogP contribution in [-0.2, 0) is 0 Å². The summed E-state index contributed by atoms with van der Waals surface area (Å²) in [7, 11) is 0. The van der Waals surface area contributed by atoms with E-state index in [1.54, 1.807) is 0 Å². The van der Waals surface area contributed by atoms with Gasteiger partial charge < -0.3 is 0 Å². The van der Waals surface area contributed by atoms with E-state index in [9.17, 15) is 0 Å². The van der Waals surface area contributed by atoms with Gasteiger partial charge in [-0.25, -0.2) is 19.9 Å². The molecule has 0 radical (unpaired) electrons. The minimum atomic E-state index is 0.603. The molecule has 0 saturated heterocycles. The molecule has 356 valence electrons. The monoisotopic (exact) mass is 970 g/mol. The average molecular weight is 971 g/mol. The molecule has 0 N–H and O–H groups in total. The molecule has 14 aromatic rings. The SMILES string of the molecule is c1ccc(-c2cc(-c3ccccc3)c(-n3c4ccc(-c5ccc(-c6nc(-c7ccccc7)nc(-c7ccccc7)n6)cc5-c5ccccc5)cc4n4c5cc(-c6ccccc6)ccc5nc34)c(-c3ccccc3)c2)cc1. The predicted octanol–water partition coefficient (Wildman–Crippen LogP) is 17.6. The van der Waals surface area contributed by atoms with Crippen LogP contribution < -0.4 is 0 Å². The quantitative estimate of drug-likeness (QED) is 0.137. The van der Waals surface area contributed by atoms with Gasteiger partial charge in [0, 0.05) is 27.8 Å². The van der Waals surface area contributed by atoms with Gasteiger partial charge in [-0.15, -0.1) is 0 Å². The lowest BCUT2D eigenvalue weighted by molar-refractivity contribution is 1.07. The minimum absolute atomic E-state index is 0.603. The maximum Gasteiger partial charge on any atom is 0.220 e. The molecule has 11 aromatic carbocycles. The molecular formula is C70H46N6. The van der Waals surface area contributed by atoms with E-state index in [1.165, 1.54) is 0 Å². The highest BCUT2D eigenvalue weighted by atomic mass is 15.2. The molecule has 0 atom stereocenters. The van der Waals surface area contributed by atoms with E-state index >= 15 is 0 Å². The van der Waals surface area contributed by atoms with Crippen LogP contribution >= 0.6 is 0 Å². The Labute approximate surface area is 440 Å². The summed E-state index contributed by atoms with van der Waals surface area (Å²) in [5.41, 5.74) is 21.1. The van der Waals surface area contributed by atoms with Gasteiger partial charge in [0.15, 0.2) is 17.5 Å². The van der Waals surface area contributed by atoms with Crippen molar-refractivity contribution in [2.45, 2.75) is 0 Å². The Morgan fingerprint density at radius 1 is 0.224 bits per heavy atom. The number of imidazole rings is 2. The summed E-state index contributed by atoms with van der Waals surface area (Å²) in [6, 6.07) is 98.6. The molecule has 3 heterocycles. The van der Waals surface area contributed by atoms with Gasteiger partial charge in [0.05, 0.1) is 27.8 Å². The molecule has 0 aliphatic carbocycles. The lowest BCUT2D eigenvalue weighted by atomic mass is 9.90. The van der Waals surface area contributed by atoms with E-state index in [2.05, 4.69) is 227 Å². The van der Waals surface area contributed by atoms with Crippen molar-refractivity contribution in [3.8, 4) is 107 Å². The largest absolute Gasteiger partial charge is 0.277 e. The van der Waals surface area contributed by atoms with E-state index in [-0.39, 0.29) is 0 Å². The Kier molecular flexibility index (Phi) is 11.1. The van der Waals surface area contributed by atoms with Crippen molar-refractivity contribution >= 4 is 27.8 Å². The zero-order valence-corrected chi connectivity index (χ0v) is 41.2. The first-order chi connectivity index (χ1) is 37.7. The predicted molar refractivity (Wildman–Crippen MR) is 312 cm³/mol. The van der Waals surface area contributed by atoms with Crippen molar-refractivity contribution in [1.82, 2.24) is 28.9 Å². The standard InChI is InChI=1S/C70H46N6/c1-8-22-47(23-9-1)54-37-40-62-64(45-54)75-65-46-55(58-39-36-56(42-59(58)49-26-12-3-13-27-49)69-73-67(52-32-18-6-19-33-52)72-68(74-69)53-34-20-7-21-35-53)38-41-63(65)76(70(75)71-62)66-60(50-28-14-4-15-29-50)43-57(48-24-10-2-11-25-48)44-61(66)51-30-16-5-17-31-51/h1-46H. The van der Waals surface area contributed by atoms with Crippen molar-refractivity contribution in [1.29, 1.82) is 0 Å². The van der Waals surface area contributed by atoms with Gasteiger partial charge in [0.2, 0.25) is 5.78 Å². The smallest absolute Gasteiger partial charge is 0.220 e. The topological polar surface area (TPSA) is 60.9 Å². The molecule has 14 rings (SSSR count). The van der Waals surface area contributed by atoms with Gasteiger partial charge in [-0.1, -0.05) is 237 Å². The van der Waals surface area contributed by atoms with Crippen LogP contribution in [0, 0.1) is 0 Å². The molecule has 0 aliphatic rings. The molecule has 6 heteroatoms. The second-order valence-electron chi connectivity index (χ2n) is 19.0. The van der Waals surface area contributed by atoms with E-state index < -0.39 is 0 Å². The third-order valence-electron chi connectivity index (χ3n) is 14.4. The third kappa shape index (κ3) is 8.02. The van der Waals surface area contributed by atoms with Gasteiger partial charge in [0.25, 0.3) is 0 Å². The lowest BCUT2D eigenvalue weighted by Crippen LogP contribution is -2.02. The van der Waals surface area contributed by atoms with Crippen molar-refractivity contribution in [3.05, 3.63) is 279 Å². The number of nitrogens with zero attached hydrogens (tertiary/aromatic N) is 6.